The second-order valence-corrected chi connectivity index (χ2v) is 7.95. The molecule has 2 N–H and O–H groups in total. The number of rotatable bonds is 2. The highest BCUT2D eigenvalue weighted by molar-refractivity contribution is 7.90. The van der Waals surface area contributed by atoms with Gasteiger partial charge in [-0.05, 0) is 5.56 Å². The molecule has 0 saturated heterocycles. The van der Waals surface area contributed by atoms with Crippen molar-refractivity contribution >= 4 is 21.2 Å². The topological polar surface area (TPSA) is 73.0 Å². The van der Waals surface area contributed by atoms with Crippen molar-refractivity contribution < 1.29 is 8.42 Å². The Hall–Kier alpha value is -1.24. The van der Waals surface area contributed by atoms with E-state index in [2.05, 4.69) is 4.98 Å². The standard InChI is InChI=1S/C13H14N2O2S2/c14-12(9-4-2-1-3-5-9)13-15-10-6-7-19(16,17)8-11(10)18-13/h1-5,12H,6-8,14H2. The lowest BCUT2D eigenvalue weighted by atomic mass is 10.1. The molecule has 1 aliphatic heterocycles. The maximum Gasteiger partial charge on any atom is 0.155 e. The number of thiazole rings is 1. The van der Waals surface area contributed by atoms with E-state index in [0.29, 0.717) is 6.42 Å². The lowest BCUT2D eigenvalue weighted by Crippen LogP contribution is -2.17. The van der Waals surface area contributed by atoms with Gasteiger partial charge in [-0.2, -0.15) is 0 Å². The van der Waals surface area contributed by atoms with Crippen molar-refractivity contribution in [2.75, 3.05) is 5.75 Å². The maximum absolute atomic E-state index is 11.6. The van der Waals surface area contributed by atoms with Gasteiger partial charge in [0.1, 0.15) is 5.01 Å². The molecule has 0 amide bonds. The van der Waals surface area contributed by atoms with Crippen LogP contribution >= 0.6 is 11.3 Å². The highest BCUT2D eigenvalue weighted by atomic mass is 32.2. The van der Waals surface area contributed by atoms with Crippen LogP contribution in [-0.2, 0) is 22.0 Å². The normalized spacial score (nSPS) is 18.8. The number of benzene rings is 1. The molecular formula is C13H14N2O2S2. The number of fused-ring (bicyclic) bond motifs is 1. The van der Waals surface area contributed by atoms with Gasteiger partial charge in [0.05, 0.1) is 23.2 Å². The summed E-state index contributed by atoms with van der Waals surface area (Å²) >= 11 is 1.43. The highest BCUT2D eigenvalue weighted by Crippen LogP contribution is 2.31. The molecule has 6 heteroatoms. The molecule has 2 aromatic rings. The zero-order valence-electron chi connectivity index (χ0n) is 10.2. The third-order valence-electron chi connectivity index (χ3n) is 3.22. The molecule has 0 spiro atoms. The van der Waals surface area contributed by atoms with E-state index in [9.17, 15) is 8.42 Å². The first-order valence-electron chi connectivity index (χ1n) is 6.04. The van der Waals surface area contributed by atoms with Crippen LogP contribution in [0.2, 0.25) is 0 Å². The molecule has 0 saturated carbocycles. The fourth-order valence-corrected chi connectivity index (χ4v) is 5.10. The molecule has 0 fully saturated rings. The Balaban J connectivity index is 1.94. The number of hydrogen-bond acceptors (Lipinski definition) is 5. The van der Waals surface area contributed by atoms with E-state index < -0.39 is 9.84 Å². The Bertz CT molecular complexity index is 693. The summed E-state index contributed by atoms with van der Waals surface area (Å²) in [6.07, 6.45) is 0.510. The van der Waals surface area contributed by atoms with E-state index in [4.69, 9.17) is 5.73 Å². The van der Waals surface area contributed by atoms with Crippen LogP contribution in [0.3, 0.4) is 0 Å². The van der Waals surface area contributed by atoms with Crippen LogP contribution in [0.25, 0.3) is 0 Å². The molecule has 2 heterocycles. The molecular weight excluding hydrogens is 280 g/mol. The number of aromatic nitrogens is 1. The van der Waals surface area contributed by atoms with E-state index in [-0.39, 0.29) is 17.5 Å². The summed E-state index contributed by atoms with van der Waals surface area (Å²) in [7, 11) is -2.94. The fraction of sp³-hybridized carbons (Fsp3) is 0.308. The minimum atomic E-state index is -2.94. The second kappa shape index (κ2) is 4.70. The van der Waals surface area contributed by atoms with Crippen LogP contribution in [0.4, 0.5) is 0 Å². The minimum absolute atomic E-state index is 0.113. The van der Waals surface area contributed by atoms with Gasteiger partial charge in [0.25, 0.3) is 0 Å². The number of nitrogens with two attached hydrogens (primary N) is 1. The predicted octanol–water partition coefficient (Wildman–Crippen LogP) is 1.66. The van der Waals surface area contributed by atoms with Gasteiger partial charge in [0, 0.05) is 11.3 Å². The van der Waals surface area contributed by atoms with Crippen LogP contribution in [0.1, 0.15) is 27.2 Å². The highest BCUT2D eigenvalue weighted by Gasteiger charge is 2.26. The minimum Gasteiger partial charge on any atom is -0.318 e. The van der Waals surface area contributed by atoms with Crippen molar-refractivity contribution in [2.45, 2.75) is 18.2 Å². The summed E-state index contributed by atoms with van der Waals surface area (Å²) in [6, 6.07) is 9.46. The number of aryl methyl sites for hydroxylation is 1. The molecule has 3 rings (SSSR count). The van der Waals surface area contributed by atoms with Crippen molar-refractivity contribution in [1.82, 2.24) is 4.98 Å². The number of nitrogens with zero attached hydrogens (tertiary/aromatic N) is 1. The van der Waals surface area contributed by atoms with E-state index >= 15 is 0 Å². The van der Waals surface area contributed by atoms with Gasteiger partial charge in [-0.25, -0.2) is 13.4 Å². The Morgan fingerprint density at radius 1 is 1.26 bits per heavy atom. The maximum atomic E-state index is 11.6. The summed E-state index contributed by atoms with van der Waals surface area (Å²) in [5.41, 5.74) is 8.10. The van der Waals surface area contributed by atoms with Crippen LogP contribution in [0.5, 0.6) is 0 Å². The average Bonchev–Trinajstić information content (AvgIpc) is 2.80. The fourth-order valence-electron chi connectivity index (χ4n) is 2.17. The van der Waals surface area contributed by atoms with Gasteiger partial charge in [-0.3, -0.25) is 0 Å². The third kappa shape index (κ3) is 2.56. The first-order valence-corrected chi connectivity index (χ1v) is 8.68. The quantitative estimate of drug-likeness (QED) is 0.914. The molecule has 1 aromatic heterocycles. The van der Waals surface area contributed by atoms with Gasteiger partial charge in [0.15, 0.2) is 9.84 Å². The van der Waals surface area contributed by atoms with Crippen LogP contribution in [0.15, 0.2) is 30.3 Å². The van der Waals surface area contributed by atoms with Crippen molar-refractivity contribution in [2.24, 2.45) is 5.73 Å². The van der Waals surface area contributed by atoms with Crippen LogP contribution in [0, 0.1) is 0 Å². The SMILES string of the molecule is NC(c1ccccc1)c1nc2c(s1)CS(=O)(=O)CC2. The Morgan fingerprint density at radius 3 is 2.74 bits per heavy atom. The molecule has 1 aliphatic rings. The summed E-state index contributed by atoms with van der Waals surface area (Å²) in [6.45, 7) is 0. The molecule has 19 heavy (non-hydrogen) atoms. The molecule has 0 bridgehead atoms. The van der Waals surface area contributed by atoms with Gasteiger partial charge in [-0.15, -0.1) is 11.3 Å². The Morgan fingerprint density at radius 2 is 2.00 bits per heavy atom. The van der Waals surface area contributed by atoms with Crippen LogP contribution in [-0.4, -0.2) is 19.2 Å². The van der Waals surface area contributed by atoms with E-state index in [1.807, 2.05) is 30.3 Å². The predicted molar refractivity (Wildman–Crippen MR) is 75.8 cm³/mol. The first-order chi connectivity index (χ1) is 9.05. The zero-order valence-corrected chi connectivity index (χ0v) is 11.9. The van der Waals surface area contributed by atoms with E-state index in [1.54, 1.807) is 0 Å². The smallest absolute Gasteiger partial charge is 0.155 e. The lowest BCUT2D eigenvalue weighted by molar-refractivity contribution is 0.591. The monoisotopic (exact) mass is 294 g/mol. The summed E-state index contributed by atoms with van der Waals surface area (Å²) < 4.78 is 23.2. The third-order valence-corrected chi connectivity index (χ3v) is 6.14. The van der Waals surface area contributed by atoms with Crippen molar-refractivity contribution in [3.63, 3.8) is 0 Å². The summed E-state index contributed by atoms with van der Waals surface area (Å²) in [4.78, 5) is 5.38. The van der Waals surface area contributed by atoms with E-state index in [0.717, 1.165) is 21.1 Å². The Labute approximate surface area is 116 Å². The molecule has 0 radical (unpaired) electrons. The van der Waals surface area contributed by atoms with E-state index in [1.165, 1.54) is 11.3 Å². The molecule has 1 atom stereocenters. The second-order valence-electron chi connectivity index (χ2n) is 4.65. The average molecular weight is 294 g/mol. The van der Waals surface area contributed by atoms with Gasteiger partial charge < -0.3 is 5.73 Å². The number of sulfone groups is 1. The van der Waals surface area contributed by atoms with Crippen molar-refractivity contribution in [1.29, 1.82) is 0 Å². The largest absolute Gasteiger partial charge is 0.318 e. The molecule has 100 valence electrons. The van der Waals surface area contributed by atoms with Gasteiger partial charge in [0.2, 0.25) is 0 Å². The first kappa shape index (κ1) is 12.8. The molecule has 0 aliphatic carbocycles. The molecule has 1 unspecified atom stereocenters. The Kier molecular flexibility index (Phi) is 3.16. The summed E-state index contributed by atoms with van der Waals surface area (Å²) in [5, 5.41) is 0.799. The zero-order chi connectivity index (χ0) is 13.5. The van der Waals surface area contributed by atoms with Gasteiger partial charge >= 0.3 is 0 Å². The van der Waals surface area contributed by atoms with Crippen molar-refractivity contribution in [3.8, 4) is 0 Å². The van der Waals surface area contributed by atoms with Crippen molar-refractivity contribution in [3.05, 3.63) is 51.5 Å². The van der Waals surface area contributed by atoms with Crippen LogP contribution < -0.4 is 5.73 Å². The van der Waals surface area contributed by atoms with Gasteiger partial charge in [-0.1, -0.05) is 30.3 Å². The molecule has 1 aromatic carbocycles. The lowest BCUT2D eigenvalue weighted by Gasteiger charge is -2.09. The number of hydrogen-bond donors (Lipinski definition) is 1. The summed E-state index contributed by atoms with van der Waals surface area (Å²) in [5.74, 6) is 0.311. The molecule has 4 nitrogen and oxygen atoms in total.